The predicted octanol–water partition coefficient (Wildman–Crippen LogP) is 3.03. The Hall–Kier alpha value is -3.72. The Morgan fingerprint density at radius 3 is 2.47 bits per heavy atom. The molecule has 3 aromatic rings. The average molecular weight is 467 g/mol. The Balaban J connectivity index is 1.56. The zero-order valence-corrected chi connectivity index (χ0v) is 19.2. The molecule has 0 bridgehead atoms. The number of piperazine rings is 1. The first-order valence-electron chi connectivity index (χ1n) is 11.2. The van der Waals surface area contributed by atoms with E-state index in [1.54, 1.807) is 10.6 Å². The number of carboxylic acids is 1. The second-order valence-electron chi connectivity index (χ2n) is 8.13. The lowest BCUT2D eigenvalue weighted by molar-refractivity contribution is 0.0695. The highest BCUT2D eigenvalue weighted by Crippen LogP contribution is 2.26. The second kappa shape index (κ2) is 10.0. The topological polar surface area (TPSA) is 87.4 Å². The van der Waals surface area contributed by atoms with Crippen LogP contribution < -0.4 is 10.3 Å². The number of carbonyl (C=O) groups is 1. The lowest BCUT2D eigenvalue weighted by Crippen LogP contribution is -2.48. The van der Waals surface area contributed by atoms with E-state index >= 15 is 4.39 Å². The van der Waals surface area contributed by atoms with Crippen molar-refractivity contribution in [3.8, 4) is 0 Å². The highest BCUT2D eigenvalue weighted by Gasteiger charge is 2.23. The fourth-order valence-corrected chi connectivity index (χ4v) is 4.33. The maximum absolute atomic E-state index is 15.1. The SMILES string of the molecule is CCn1cc(C(=O)O)c(=O)c2cc(F)c(N3CCN(C/C(=N/OC)c4ccccc4)CC3)cc21. The minimum absolute atomic E-state index is 0.0740. The van der Waals surface area contributed by atoms with Gasteiger partial charge >= 0.3 is 5.97 Å². The molecule has 1 saturated heterocycles. The van der Waals surface area contributed by atoms with Gasteiger partial charge < -0.3 is 19.4 Å². The molecule has 8 nitrogen and oxygen atoms in total. The van der Waals surface area contributed by atoms with Crippen LogP contribution in [0.1, 0.15) is 22.8 Å². The van der Waals surface area contributed by atoms with Gasteiger partial charge in [-0.1, -0.05) is 35.5 Å². The van der Waals surface area contributed by atoms with Crippen LogP contribution in [0, 0.1) is 5.82 Å². The van der Waals surface area contributed by atoms with Crippen LogP contribution in [0.3, 0.4) is 0 Å². The number of halogens is 1. The molecule has 9 heteroatoms. The molecule has 1 aliphatic heterocycles. The summed E-state index contributed by atoms with van der Waals surface area (Å²) in [6.45, 7) is 5.51. The number of oxime groups is 1. The molecule has 0 radical (unpaired) electrons. The molecule has 0 unspecified atom stereocenters. The number of anilines is 1. The third-order valence-corrected chi connectivity index (χ3v) is 6.11. The predicted molar refractivity (Wildman–Crippen MR) is 129 cm³/mol. The van der Waals surface area contributed by atoms with Crippen LogP contribution in [0.2, 0.25) is 0 Å². The molecule has 178 valence electrons. The van der Waals surface area contributed by atoms with Gasteiger partial charge in [0.05, 0.1) is 11.2 Å². The summed E-state index contributed by atoms with van der Waals surface area (Å²) in [5.41, 5.74) is 1.72. The van der Waals surface area contributed by atoms with Gasteiger partial charge in [-0.3, -0.25) is 9.69 Å². The van der Waals surface area contributed by atoms with Crippen molar-refractivity contribution in [1.29, 1.82) is 0 Å². The van der Waals surface area contributed by atoms with E-state index in [1.165, 1.54) is 13.3 Å². The lowest BCUT2D eigenvalue weighted by Gasteiger charge is -2.36. The van der Waals surface area contributed by atoms with Crippen molar-refractivity contribution in [2.24, 2.45) is 5.16 Å². The van der Waals surface area contributed by atoms with Crippen LogP contribution in [-0.4, -0.2) is 66.1 Å². The first kappa shape index (κ1) is 23.4. The molecule has 0 atom stereocenters. The van der Waals surface area contributed by atoms with Crippen molar-refractivity contribution in [1.82, 2.24) is 9.47 Å². The Kier molecular flexibility index (Phi) is 6.93. The molecule has 1 aromatic heterocycles. The van der Waals surface area contributed by atoms with Gasteiger partial charge in [0.1, 0.15) is 24.2 Å². The van der Waals surface area contributed by atoms with E-state index in [0.717, 1.165) is 17.3 Å². The molecular weight excluding hydrogens is 439 g/mol. The quantitative estimate of drug-likeness (QED) is 0.426. The van der Waals surface area contributed by atoms with Crippen LogP contribution in [0.5, 0.6) is 0 Å². The summed E-state index contributed by atoms with van der Waals surface area (Å²) in [7, 11) is 1.53. The average Bonchev–Trinajstić information content (AvgIpc) is 2.85. The van der Waals surface area contributed by atoms with Gasteiger partial charge in [-0.25, -0.2) is 9.18 Å². The van der Waals surface area contributed by atoms with Crippen molar-refractivity contribution in [2.45, 2.75) is 13.5 Å². The number of aryl methyl sites for hydroxylation is 1. The molecule has 0 saturated carbocycles. The monoisotopic (exact) mass is 466 g/mol. The van der Waals surface area contributed by atoms with Crippen LogP contribution in [0.4, 0.5) is 10.1 Å². The van der Waals surface area contributed by atoms with Gasteiger partial charge in [0.2, 0.25) is 5.43 Å². The molecule has 2 aromatic carbocycles. The number of nitrogens with zero attached hydrogens (tertiary/aromatic N) is 4. The summed E-state index contributed by atoms with van der Waals surface area (Å²) in [5.74, 6) is -1.85. The molecule has 0 amide bonds. The molecule has 0 aliphatic carbocycles. The van der Waals surface area contributed by atoms with E-state index in [4.69, 9.17) is 4.84 Å². The van der Waals surface area contributed by atoms with Gasteiger partial charge in [-0.2, -0.15) is 0 Å². The summed E-state index contributed by atoms with van der Waals surface area (Å²) in [4.78, 5) is 33.3. The number of hydrogen-bond donors (Lipinski definition) is 1. The summed E-state index contributed by atoms with van der Waals surface area (Å²) >= 11 is 0. The van der Waals surface area contributed by atoms with Gasteiger partial charge in [0, 0.05) is 56.4 Å². The zero-order chi connectivity index (χ0) is 24.2. The summed E-state index contributed by atoms with van der Waals surface area (Å²) in [6, 6.07) is 12.6. The first-order valence-corrected chi connectivity index (χ1v) is 11.2. The number of pyridine rings is 1. The minimum Gasteiger partial charge on any atom is -0.477 e. The number of carboxylic acid groups (broad SMARTS) is 1. The van der Waals surface area contributed by atoms with E-state index < -0.39 is 17.2 Å². The molecule has 1 N–H and O–H groups in total. The summed E-state index contributed by atoms with van der Waals surface area (Å²) in [5, 5.41) is 13.6. The zero-order valence-electron chi connectivity index (χ0n) is 19.2. The normalized spacial score (nSPS) is 15.0. The van der Waals surface area contributed by atoms with E-state index in [1.807, 2.05) is 42.2 Å². The first-order chi connectivity index (χ1) is 16.4. The number of aromatic nitrogens is 1. The van der Waals surface area contributed by atoms with Crippen molar-refractivity contribution < 1.29 is 19.1 Å². The molecular formula is C25H27FN4O4. The van der Waals surface area contributed by atoms with E-state index in [9.17, 15) is 14.7 Å². The number of rotatable bonds is 7. The van der Waals surface area contributed by atoms with Gasteiger partial charge in [-0.05, 0) is 19.1 Å². The Bertz CT molecular complexity index is 1280. The Labute approximate surface area is 196 Å². The molecule has 2 heterocycles. The summed E-state index contributed by atoms with van der Waals surface area (Å²) < 4.78 is 16.8. The highest BCUT2D eigenvalue weighted by atomic mass is 19.1. The van der Waals surface area contributed by atoms with Crippen LogP contribution in [0.25, 0.3) is 10.9 Å². The number of fused-ring (bicyclic) bond motifs is 1. The smallest absolute Gasteiger partial charge is 0.341 e. The third-order valence-electron chi connectivity index (χ3n) is 6.11. The molecule has 1 fully saturated rings. The van der Waals surface area contributed by atoms with Crippen LogP contribution >= 0.6 is 0 Å². The van der Waals surface area contributed by atoms with Gasteiger partial charge in [0.25, 0.3) is 0 Å². The minimum atomic E-state index is -1.32. The summed E-state index contributed by atoms with van der Waals surface area (Å²) in [6.07, 6.45) is 1.33. The van der Waals surface area contributed by atoms with Crippen molar-refractivity contribution >= 4 is 28.3 Å². The highest BCUT2D eigenvalue weighted by molar-refractivity contribution is 6.01. The molecule has 1 aliphatic rings. The van der Waals surface area contributed by atoms with Crippen molar-refractivity contribution in [3.63, 3.8) is 0 Å². The largest absolute Gasteiger partial charge is 0.477 e. The standard InChI is InChI=1S/C25H27FN4O4/c1-3-29-15-19(25(32)33)24(31)18-13-20(26)23(14-22(18)29)30-11-9-28(10-12-30)16-21(27-34-2)17-7-5-4-6-8-17/h4-8,13-15H,3,9-12,16H2,1-2H3,(H,32,33)/b27-21-. The lowest BCUT2D eigenvalue weighted by atomic mass is 10.1. The van der Waals surface area contributed by atoms with E-state index in [2.05, 4.69) is 10.1 Å². The molecule has 34 heavy (non-hydrogen) atoms. The van der Waals surface area contributed by atoms with Crippen molar-refractivity contribution in [3.05, 3.63) is 75.8 Å². The fourth-order valence-electron chi connectivity index (χ4n) is 4.33. The van der Waals surface area contributed by atoms with Gasteiger partial charge in [0.15, 0.2) is 0 Å². The van der Waals surface area contributed by atoms with Crippen LogP contribution in [0.15, 0.2) is 58.6 Å². The Morgan fingerprint density at radius 1 is 1.15 bits per heavy atom. The third kappa shape index (κ3) is 4.65. The van der Waals surface area contributed by atoms with Gasteiger partial charge in [-0.15, -0.1) is 0 Å². The molecule has 4 rings (SSSR count). The van der Waals surface area contributed by atoms with Crippen molar-refractivity contribution in [2.75, 3.05) is 44.7 Å². The van der Waals surface area contributed by atoms with E-state index in [0.29, 0.717) is 50.5 Å². The number of benzene rings is 2. The van der Waals surface area contributed by atoms with E-state index in [-0.39, 0.29) is 10.9 Å². The second-order valence-corrected chi connectivity index (χ2v) is 8.13. The number of aromatic carboxylic acids is 1. The Morgan fingerprint density at radius 2 is 1.85 bits per heavy atom. The maximum atomic E-state index is 15.1. The fraction of sp³-hybridized carbons (Fsp3) is 0.320. The maximum Gasteiger partial charge on any atom is 0.341 e. The van der Waals surface area contributed by atoms with Crippen LogP contribution in [-0.2, 0) is 11.4 Å². The number of hydrogen-bond acceptors (Lipinski definition) is 6. The molecule has 0 spiro atoms.